The summed E-state index contributed by atoms with van der Waals surface area (Å²) in [4.78, 5) is 29.9. The number of halogens is 1. The van der Waals surface area contributed by atoms with Crippen molar-refractivity contribution in [2.24, 2.45) is 0 Å². The quantitative estimate of drug-likeness (QED) is 0.843. The predicted octanol–water partition coefficient (Wildman–Crippen LogP) is 2.56. The molecule has 0 fully saturated rings. The number of hydrogen-bond donors (Lipinski definition) is 2. The minimum absolute atomic E-state index is 0.175. The molecule has 126 valence electrons. The molecule has 0 aliphatic heterocycles. The second kappa shape index (κ2) is 8.31. The molecule has 2 aromatic rings. The van der Waals surface area contributed by atoms with Crippen molar-refractivity contribution >= 4 is 34.9 Å². The van der Waals surface area contributed by atoms with E-state index in [0.29, 0.717) is 16.3 Å². The number of anilines is 2. The third kappa shape index (κ3) is 5.24. The molecule has 0 radical (unpaired) electrons. The van der Waals surface area contributed by atoms with Gasteiger partial charge in [-0.2, -0.15) is 0 Å². The average molecular weight is 347 g/mol. The first-order valence-corrected chi connectivity index (χ1v) is 7.80. The van der Waals surface area contributed by atoms with E-state index in [1.54, 1.807) is 36.5 Å². The number of carbonyl (C=O) groups excluding carboxylic acids is 2. The first-order chi connectivity index (χ1) is 11.5. The molecule has 2 N–H and O–H groups in total. The maximum Gasteiger partial charge on any atom is 0.251 e. The molecule has 2 rings (SSSR count). The van der Waals surface area contributed by atoms with Crippen LogP contribution in [0.3, 0.4) is 0 Å². The van der Waals surface area contributed by atoms with E-state index in [9.17, 15) is 9.59 Å². The van der Waals surface area contributed by atoms with Gasteiger partial charge in [-0.3, -0.25) is 9.59 Å². The number of aromatic nitrogens is 1. The molecule has 0 spiro atoms. The predicted molar refractivity (Wildman–Crippen MR) is 95.6 cm³/mol. The molecule has 1 aromatic heterocycles. The highest BCUT2D eigenvalue weighted by Crippen LogP contribution is 2.12. The zero-order valence-electron chi connectivity index (χ0n) is 13.5. The number of amides is 2. The molecule has 0 bridgehead atoms. The van der Waals surface area contributed by atoms with Gasteiger partial charge in [0.25, 0.3) is 5.91 Å². The van der Waals surface area contributed by atoms with Crippen LogP contribution in [-0.4, -0.2) is 37.4 Å². The van der Waals surface area contributed by atoms with Crippen LogP contribution in [0.25, 0.3) is 0 Å². The Morgan fingerprint density at radius 3 is 2.42 bits per heavy atom. The van der Waals surface area contributed by atoms with Crippen molar-refractivity contribution in [3.8, 4) is 0 Å². The van der Waals surface area contributed by atoms with Crippen LogP contribution in [0, 0.1) is 0 Å². The number of nitrogens with one attached hydrogen (secondary N) is 2. The molecular weight excluding hydrogens is 328 g/mol. The lowest BCUT2D eigenvalue weighted by Gasteiger charge is -2.11. The fourth-order valence-electron chi connectivity index (χ4n) is 1.94. The number of rotatable bonds is 6. The topological polar surface area (TPSA) is 74.3 Å². The van der Waals surface area contributed by atoms with Gasteiger partial charge >= 0.3 is 0 Å². The summed E-state index contributed by atoms with van der Waals surface area (Å²) in [5.41, 5.74) is 1.12. The Bertz CT molecular complexity index is 700. The van der Waals surface area contributed by atoms with Crippen LogP contribution in [-0.2, 0) is 4.79 Å². The summed E-state index contributed by atoms with van der Waals surface area (Å²) in [5, 5.41) is 6.00. The van der Waals surface area contributed by atoms with Crippen molar-refractivity contribution in [1.29, 1.82) is 0 Å². The van der Waals surface area contributed by atoms with E-state index in [-0.39, 0.29) is 24.8 Å². The molecule has 0 aliphatic carbocycles. The highest BCUT2D eigenvalue weighted by Gasteiger charge is 2.07. The smallest absolute Gasteiger partial charge is 0.251 e. The lowest BCUT2D eigenvalue weighted by atomic mass is 10.2. The Hall–Kier alpha value is -2.60. The number of hydrogen-bond acceptors (Lipinski definition) is 4. The third-order valence-electron chi connectivity index (χ3n) is 3.23. The fourth-order valence-corrected chi connectivity index (χ4v) is 2.07. The molecule has 6 nitrogen and oxygen atoms in total. The monoisotopic (exact) mass is 346 g/mol. The lowest BCUT2D eigenvalue weighted by molar-refractivity contribution is -0.116. The highest BCUT2D eigenvalue weighted by molar-refractivity contribution is 6.30. The van der Waals surface area contributed by atoms with Gasteiger partial charge in [-0.1, -0.05) is 11.6 Å². The van der Waals surface area contributed by atoms with Crippen molar-refractivity contribution in [2.75, 3.05) is 30.9 Å². The largest absolute Gasteiger partial charge is 0.363 e. The minimum atomic E-state index is -0.239. The van der Waals surface area contributed by atoms with Crippen LogP contribution < -0.4 is 15.5 Å². The Balaban J connectivity index is 1.76. The van der Waals surface area contributed by atoms with E-state index in [4.69, 9.17) is 11.6 Å². The number of pyridine rings is 1. The minimum Gasteiger partial charge on any atom is -0.363 e. The van der Waals surface area contributed by atoms with E-state index in [1.807, 2.05) is 25.1 Å². The average Bonchev–Trinajstić information content (AvgIpc) is 2.55. The molecule has 0 unspecified atom stereocenters. The van der Waals surface area contributed by atoms with Gasteiger partial charge in [0, 0.05) is 37.6 Å². The molecule has 0 aliphatic rings. The van der Waals surface area contributed by atoms with E-state index in [2.05, 4.69) is 15.6 Å². The summed E-state index contributed by atoms with van der Waals surface area (Å²) in [7, 11) is 3.79. The lowest BCUT2D eigenvalue weighted by Crippen LogP contribution is -2.27. The fraction of sp³-hybridized carbons (Fsp3) is 0.235. The summed E-state index contributed by atoms with van der Waals surface area (Å²) in [6, 6.07) is 10.2. The maximum atomic E-state index is 11.9. The highest BCUT2D eigenvalue weighted by atomic mass is 35.5. The Morgan fingerprint density at radius 1 is 1.12 bits per heavy atom. The summed E-state index contributed by atoms with van der Waals surface area (Å²) < 4.78 is 0. The molecule has 24 heavy (non-hydrogen) atoms. The van der Waals surface area contributed by atoms with Crippen LogP contribution in [0.15, 0.2) is 42.6 Å². The summed E-state index contributed by atoms with van der Waals surface area (Å²) in [6.45, 7) is 0.247. The van der Waals surface area contributed by atoms with Gasteiger partial charge in [-0.25, -0.2) is 4.98 Å². The third-order valence-corrected chi connectivity index (χ3v) is 3.49. The van der Waals surface area contributed by atoms with Gasteiger partial charge in [0.1, 0.15) is 5.82 Å². The van der Waals surface area contributed by atoms with Crippen LogP contribution >= 0.6 is 11.6 Å². The van der Waals surface area contributed by atoms with Crippen LogP contribution in [0.1, 0.15) is 16.8 Å². The van der Waals surface area contributed by atoms with Crippen LogP contribution in [0.2, 0.25) is 5.02 Å². The van der Waals surface area contributed by atoms with E-state index in [1.165, 1.54) is 0 Å². The Kier molecular flexibility index (Phi) is 6.14. The molecule has 0 saturated carbocycles. The van der Waals surface area contributed by atoms with Crippen molar-refractivity contribution in [1.82, 2.24) is 10.3 Å². The maximum absolute atomic E-state index is 11.9. The first kappa shape index (κ1) is 17.7. The van der Waals surface area contributed by atoms with Gasteiger partial charge in [-0.05, 0) is 36.4 Å². The summed E-state index contributed by atoms with van der Waals surface area (Å²) in [5.74, 6) is 0.380. The van der Waals surface area contributed by atoms with Crippen molar-refractivity contribution in [2.45, 2.75) is 6.42 Å². The molecular formula is C17H19ClN4O2. The van der Waals surface area contributed by atoms with Crippen molar-refractivity contribution < 1.29 is 9.59 Å². The van der Waals surface area contributed by atoms with Crippen molar-refractivity contribution in [3.05, 3.63) is 53.2 Å². The second-order valence-electron chi connectivity index (χ2n) is 5.36. The molecule has 1 heterocycles. The first-order valence-electron chi connectivity index (χ1n) is 7.42. The number of nitrogens with zero attached hydrogens (tertiary/aromatic N) is 2. The summed E-state index contributed by atoms with van der Waals surface area (Å²) in [6.07, 6.45) is 1.77. The Labute approximate surface area is 145 Å². The molecule has 2 amide bonds. The second-order valence-corrected chi connectivity index (χ2v) is 5.80. The normalized spacial score (nSPS) is 10.1. The Morgan fingerprint density at radius 2 is 1.83 bits per heavy atom. The number of carbonyl (C=O) groups is 2. The summed E-state index contributed by atoms with van der Waals surface area (Å²) >= 11 is 5.77. The number of benzene rings is 1. The van der Waals surface area contributed by atoms with Crippen molar-refractivity contribution in [3.63, 3.8) is 0 Å². The zero-order chi connectivity index (χ0) is 17.5. The SMILES string of the molecule is CN(C)c1ccc(NC(=O)CCNC(=O)c2ccc(Cl)cc2)cn1. The van der Waals surface area contributed by atoms with Gasteiger partial charge in [0.05, 0.1) is 11.9 Å². The van der Waals surface area contributed by atoms with Gasteiger partial charge in [0.2, 0.25) is 5.91 Å². The van der Waals surface area contributed by atoms with Gasteiger partial charge in [-0.15, -0.1) is 0 Å². The van der Waals surface area contributed by atoms with E-state index < -0.39 is 0 Å². The van der Waals surface area contributed by atoms with E-state index in [0.717, 1.165) is 5.82 Å². The molecule has 7 heteroatoms. The van der Waals surface area contributed by atoms with Gasteiger partial charge in [0.15, 0.2) is 0 Å². The zero-order valence-corrected chi connectivity index (χ0v) is 14.3. The van der Waals surface area contributed by atoms with E-state index >= 15 is 0 Å². The molecule has 1 aromatic carbocycles. The molecule has 0 atom stereocenters. The standard InChI is InChI=1S/C17H19ClN4O2/c1-22(2)15-8-7-14(11-20-15)21-16(23)9-10-19-17(24)12-3-5-13(18)6-4-12/h3-8,11H,9-10H2,1-2H3,(H,19,24)(H,21,23). The molecule has 0 saturated heterocycles. The van der Waals surface area contributed by atoms with Gasteiger partial charge < -0.3 is 15.5 Å². The van der Waals surface area contributed by atoms with Crippen LogP contribution in [0.5, 0.6) is 0 Å². The van der Waals surface area contributed by atoms with Crippen LogP contribution in [0.4, 0.5) is 11.5 Å².